The predicted octanol–water partition coefficient (Wildman–Crippen LogP) is 7.12. The Balaban J connectivity index is 1.64. The highest BCUT2D eigenvalue weighted by molar-refractivity contribution is 7.22. The summed E-state index contributed by atoms with van der Waals surface area (Å²) in [4.78, 5) is 28.5. The highest BCUT2D eigenvalue weighted by atomic mass is 32.1. The van der Waals surface area contributed by atoms with Gasteiger partial charge in [-0.1, -0.05) is 79.8 Å². The molecule has 0 atom stereocenters. The highest BCUT2D eigenvalue weighted by Crippen LogP contribution is 2.34. The van der Waals surface area contributed by atoms with Gasteiger partial charge in [0.05, 0.1) is 27.0 Å². The monoisotopic (exact) mass is 508 g/mol. The van der Waals surface area contributed by atoms with E-state index in [-0.39, 0.29) is 5.91 Å². The van der Waals surface area contributed by atoms with Crippen LogP contribution in [0.4, 0.5) is 5.13 Å². The molecule has 0 radical (unpaired) electrons. The SMILES string of the molecule is CCN(CC)CCN(C(=O)c1cc(-c2ccccc2)nc2ccccc12)c1nc2cc(C)cc(C)c2s1. The zero-order chi connectivity index (χ0) is 25.9. The van der Waals surface area contributed by atoms with Gasteiger partial charge in [-0.05, 0) is 56.3 Å². The van der Waals surface area contributed by atoms with Crippen molar-refractivity contribution in [2.45, 2.75) is 27.7 Å². The summed E-state index contributed by atoms with van der Waals surface area (Å²) in [5.41, 5.74) is 6.56. The van der Waals surface area contributed by atoms with Crippen LogP contribution in [0.25, 0.3) is 32.4 Å². The molecule has 2 heterocycles. The molecule has 1 amide bonds. The number of aryl methyl sites for hydroxylation is 2. The number of hydrogen-bond donors (Lipinski definition) is 0. The number of fused-ring (bicyclic) bond motifs is 2. The van der Waals surface area contributed by atoms with Gasteiger partial charge in [0.1, 0.15) is 0 Å². The molecule has 37 heavy (non-hydrogen) atoms. The van der Waals surface area contributed by atoms with E-state index in [9.17, 15) is 4.79 Å². The van der Waals surface area contributed by atoms with Crippen LogP contribution in [0.3, 0.4) is 0 Å². The lowest BCUT2D eigenvalue weighted by Crippen LogP contribution is -2.39. The lowest BCUT2D eigenvalue weighted by molar-refractivity contribution is 0.0985. The molecule has 5 aromatic rings. The van der Waals surface area contributed by atoms with Gasteiger partial charge in [-0.3, -0.25) is 9.69 Å². The average Bonchev–Trinajstić information content (AvgIpc) is 3.35. The number of rotatable bonds is 8. The first-order valence-electron chi connectivity index (χ1n) is 12.9. The van der Waals surface area contributed by atoms with Crippen LogP contribution >= 0.6 is 11.3 Å². The fourth-order valence-corrected chi connectivity index (χ4v) is 5.84. The molecule has 0 spiro atoms. The number of para-hydroxylation sites is 1. The quantitative estimate of drug-likeness (QED) is 0.224. The summed E-state index contributed by atoms with van der Waals surface area (Å²) in [6, 6.07) is 24.1. The Kier molecular flexibility index (Phi) is 7.31. The fraction of sp³-hybridized carbons (Fsp3) is 0.258. The lowest BCUT2D eigenvalue weighted by Gasteiger charge is -2.25. The van der Waals surface area contributed by atoms with E-state index < -0.39 is 0 Å². The number of carbonyl (C=O) groups excluding carboxylic acids is 1. The summed E-state index contributed by atoms with van der Waals surface area (Å²) in [5, 5.41) is 1.59. The summed E-state index contributed by atoms with van der Waals surface area (Å²) >= 11 is 1.60. The molecule has 0 saturated carbocycles. The molecule has 5 rings (SSSR count). The third kappa shape index (κ3) is 5.13. The highest BCUT2D eigenvalue weighted by Gasteiger charge is 2.25. The van der Waals surface area contributed by atoms with E-state index in [2.05, 4.69) is 44.7 Å². The summed E-state index contributed by atoms with van der Waals surface area (Å²) in [6.45, 7) is 11.7. The van der Waals surface area contributed by atoms with E-state index in [4.69, 9.17) is 9.97 Å². The number of hydrogen-bond acceptors (Lipinski definition) is 5. The molecule has 0 unspecified atom stereocenters. The Morgan fingerprint density at radius 3 is 2.32 bits per heavy atom. The van der Waals surface area contributed by atoms with Crippen molar-refractivity contribution < 1.29 is 4.79 Å². The van der Waals surface area contributed by atoms with Crippen molar-refractivity contribution in [1.29, 1.82) is 0 Å². The van der Waals surface area contributed by atoms with Crippen molar-refractivity contribution in [1.82, 2.24) is 14.9 Å². The number of amides is 1. The van der Waals surface area contributed by atoms with Crippen LogP contribution in [0, 0.1) is 13.8 Å². The van der Waals surface area contributed by atoms with Crippen LogP contribution in [0.15, 0.2) is 72.8 Å². The zero-order valence-electron chi connectivity index (χ0n) is 21.9. The zero-order valence-corrected chi connectivity index (χ0v) is 22.7. The molecule has 0 aliphatic rings. The molecule has 188 valence electrons. The van der Waals surface area contributed by atoms with Crippen LogP contribution in [-0.2, 0) is 0 Å². The van der Waals surface area contributed by atoms with Gasteiger partial charge in [0.2, 0.25) is 0 Å². The van der Waals surface area contributed by atoms with Gasteiger partial charge in [-0.2, -0.15) is 0 Å². The number of thiazole rings is 1. The predicted molar refractivity (Wildman–Crippen MR) is 156 cm³/mol. The van der Waals surface area contributed by atoms with Crippen LogP contribution in [-0.4, -0.2) is 47.0 Å². The minimum Gasteiger partial charge on any atom is -0.302 e. The van der Waals surface area contributed by atoms with Crippen LogP contribution in [0.2, 0.25) is 0 Å². The Bertz CT molecular complexity index is 1560. The Morgan fingerprint density at radius 2 is 1.57 bits per heavy atom. The van der Waals surface area contributed by atoms with E-state index >= 15 is 0 Å². The lowest BCUT2D eigenvalue weighted by atomic mass is 10.0. The standard InChI is InChI=1S/C31H32N4OS/c1-5-34(6-2)16-17-35(31-33-28-19-21(3)18-22(4)29(28)37-31)30(36)25-20-27(23-12-8-7-9-13-23)32-26-15-11-10-14-24(25)26/h7-15,18-20H,5-6,16-17H2,1-4H3. The second kappa shape index (κ2) is 10.8. The molecular weight excluding hydrogens is 476 g/mol. The first-order chi connectivity index (χ1) is 18.0. The summed E-state index contributed by atoms with van der Waals surface area (Å²) in [6.07, 6.45) is 0. The molecule has 0 aliphatic carbocycles. The van der Waals surface area contributed by atoms with Crippen molar-refractivity contribution in [3.05, 3.63) is 89.5 Å². The Hall–Kier alpha value is -3.61. The number of nitrogens with zero attached hydrogens (tertiary/aromatic N) is 4. The number of benzene rings is 3. The number of likely N-dealkylation sites (N-methyl/N-ethyl adjacent to an activating group) is 1. The molecule has 3 aromatic carbocycles. The van der Waals surface area contributed by atoms with Crippen LogP contribution < -0.4 is 4.90 Å². The largest absolute Gasteiger partial charge is 0.302 e. The topological polar surface area (TPSA) is 49.3 Å². The number of aromatic nitrogens is 2. The second-order valence-electron chi connectivity index (χ2n) is 9.35. The van der Waals surface area contributed by atoms with Crippen molar-refractivity contribution >= 4 is 43.5 Å². The molecule has 0 bridgehead atoms. The van der Waals surface area contributed by atoms with E-state index in [0.29, 0.717) is 12.1 Å². The molecular formula is C31H32N4OS. The number of anilines is 1. The number of pyridine rings is 1. The number of carbonyl (C=O) groups is 1. The molecule has 5 nitrogen and oxygen atoms in total. The van der Waals surface area contributed by atoms with E-state index in [1.807, 2.05) is 65.6 Å². The van der Waals surface area contributed by atoms with Gasteiger partial charge in [0.25, 0.3) is 5.91 Å². The molecule has 0 saturated heterocycles. The second-order valence-corrected chi connectivity index (χ2v) is 10.3. The maximum atomic E-state index is 14.4. The minimum atomic E-state index is -0.0450. The third-order valence-electron chi connectivity index (χ3n) is 6.84. The molecule has 0 fully saturated rings. The van der Waals surface area contributed by atoms with E-state index in [1.54, 1.807) is 11.3 Å². The van der Waals surface area contributed by atoms with Gasteiger partial charge in [0, 0.05) is 24.0 Å². The third-order valence-corrected chi connectivity index (χ3v) is 8.06. The van der Waals surface area contributed by atoms with E-state index in [0.717, 1.165) is 57.1 Å². The smallest absolute Gasteiger partial charge is 0.260 e. The normalized spacial score (nSPS) is 11.5. The average molecular weight is 509 g/mol. The summed E-state index contributed by atoms with van der Waals surface area (Å²) < 4.78 is 1.13. The van der Waals surface area contributed by atoms with Gasteiger partial charge in [-0.25, -0.2) is 9.97 Å². The van der Waals surface area contributed by atoms with Gasteiger partial charge in [-0.15, -0.1) is 0 Å². The Labute approximate surface area is 222 Å². The summed E-state index contributed by atoms with van der Waals surface area (Å²) in [5.74, 6) is -0.0450. The molecule has 0 aliphatic heterocycles. The Morgan fingerprint density at radius 1 is 0.838 bits per heavy atom. The van der Waals surface area contributed by atoms with Crippen molar-refractivity contribution in [2.24, 2.45) is 0 Å². The van der Waals surface area contributed by atoms with E-state index in [1.165, 1.54) is 11.1 Å². The minimum absolute atomic E-state index is 0.0450. The van der Waals surface area contributed by atoms with Gasteiger partial charge in [0.15, 0.2) is 5.13 Å². The molecule has 0 N–H and O–H groups in total. The maximum absolute atomic E-state index is 14.4. The molecule has 2 aromatic heterocycles. The molecule has 6 heteroatoms. The van der Waals surface area contributed by atoms with Crippen molar-refractivity contribution in [3.8, 4) is 11.3 Å². The van der Waals surface area contributed by atoms with Crippen LogP contribution in [0.5, 0.6) is 0 Å². The van der Waals surface area contributed by atoms with Crippen molar-refractivity contribution in [2.75, 3.05) is 31.1 Å². The van der Waals surface area contributed by atoms with Gasteiger partial charge < -0.3 is 4.90 Å². The first kappa shape index (κ1) is 25.1. The van der Waals surface area contributed by atoms with Gasteiger partial charge >= 0.3 is 0 Å². The summed E-state index contributed by atoms with van der Waals surface area (Å²) in [7, 11) is 0. The van der Waals surface area contributed by atoms with Crippen molar-refractivity contribution in [3.63, 3.8) is 0 Å². The first-order valence-corrected chi connectivity index (χ1v) is 13.7. The van der Waals surface area contributed by atoms with Crippen LogP contribution in [0.1, 0.15) is 35.3 Å². The maximum Gasteiger partial charge on any atom is 0.260 e. The fourth-order valence-electron chi connectivity index (χ4n) is 4.80.